The molecule has 2 N–H and O–H groups in total. The monoisotopic (exact) mass is 273 g/mol. The highest BCUT2D eigenvalue weighted by molar-refractivity contribution is 5.35. The van der Waals surface area contributed by atoms with Crippen LogP contribution in [0.4, 0.5) is 4.39 Å². The van der Waals surface area contributed by atoms with Crippen molar-refractivity contribution in [1.82, 2.24) is 0 Å². The molecule has 2 aromatic carbocycles. The quantitative estimate of drug-likeness (QED) is 0.924. The average molecular weight is 273 g/mol. The van der Waals surface area contributed by atoms with E-state index in [1.807, 2.05) is 38.1 Å². The minimum absolute atomic E-state index is 0.230. The highest BCUT2D eigenvalue weighted by Gasteiger charge is 2.23. The summed E-state index contributed by atoms with van der Waals surface area (Å²) in [7, 11) is 1.64. The largest absolute Gasteiger partial charge is 0.497 e. The van der Waals surface area contributed by atoms with Crippen LogP contribution >= 0.6 is 0 Å². The number of aryl methyl sites for hydroxylation is 1. The molecule has 2 nitrogen and oxygen atoms in total. The smallest absolute Gasteiger partial charge is 0.123 e. The third-order valence-corrected chi connectivity index (χ3v) is 3.53. The lowest BCUT2D eigenvalue weighted by molar-refractivity contribution is 0.414. The van der Waals surface area contributed by atoms with Crippen LogP contribution in [0.5, 0.6) is 5.75 Å². The lowest BCUT2D eigenvalue weighted by Crippen LogP contribution is -2.36. The summed E-state index contributed by atoms with van der Waals surface area (Å²) in [5.41, 5.74) is 8.87. The number of halogens is 1. The average Bonchev–Trinajstić information content (AvgIpc) is 2.38. The van der Waals surface area contributed by atoms with Gasteiger partial charge in [-0.15, -0.1) is 0 Å². The summed E-state index contributed by atoms with van der Waals surface area (Å²) in [4.78, 5) is 0. The molecule has 0 aliphatic heterocycles. The molecule has 0 radical (unpaired) electrons. The van der Waals surface area contributed by atoms with Crippen LogP contribution in [-0.2, 0) is 12.0 Å². The molecule has 0 heterocycles. The maximum Gasteiger partial charge on any atom is 0.123 e. The minimum Gasteiger partial charge on any atom is -0.497 e. The molecule has 3 heteroatoms. The van der Waals surface area contributed by atoms with Crippen LogP contribution < -0.4 is 10.5 Å². The van der Waals surface area contributed by atoms with Crippen molar-refractivity contribution < 1.29 is 9.13 Å². The topological polar surface area (TPSA) is 35.2 Å². The van der Waals surface area contributed by atoms with Crippen molar-refractivity contribution in [3.05, 3.63) is 65.0 Å². The molecule has 0 fully saturated rings. The summed E-state index contributed by atoms with van der Waals surface area (Å²) in [5.74, 6) is 0.594. The highest BCUT2D eigenvalue weighted by atomic mass is 19.1. The van der Waals surface area contributed by atoms with Crippen LogP contribution in [0.2, 0.25) is 0 Å². The predicted octanol–water partition coefficient (Wildman–Crippen LogP) is 3.56. The van der Waals surface area contributed by atoms with Gasteiger partial charge in [0.2, 0.25) is 0 Å². The van der Waals surface area contributed by atoms with E-state index in [0.29, 0.717) is 6.42 Å². The number of ether oxygens (including phenoxy) is 1. The van der Waals surface area contributed by atoms with Gasteiger partial charge in [0, 0.05) is 5.54 Å². The van der Waals surface area contributed by atoms with Gasteiger partial charge in [-0.3, -0.25) is 0 Å². The zero-order valence-corrected chi connectivity index (χ0v) is 12.1. The molecule has 0 aliphatic rings. The number of hydrogen-bond donors (Lipinski definition) is 1. The van der Waals surface area contributed by atoms with Gasteiger partial charge in [0.05, 0.1) is 7.11 Å². The molecule has 0 aromatic heterocycles. The molecule has 2 rings (SSSR count). The van der Waals surface area contributed by atoms with E-state index in [1.54, 1.807) is 13.2 Å². The Balaban J connectivity index is 2.25. The van der Waals surface area contributed by atoms with Crippen LogP contribution in [0.1, 0.15) is 23.6 Å². The van der Waals surface area contributed by atoms with E-state index in [9.17, 15) is 4.39 Å². The summed E-state index contributed by atoms with van der Waals surface area (Å²) in [6.45, 7) is 3.86. The number of rotatable bonds is 4. The summed E-state index contributed by atoms with van der Waals surface area (Å²) < 4.78 is 18.3. The van der Waals surface area contributed by atoms with Crippen LogP contribution in [0.3, 0.4) is 0 Å². The van der Waals surface area contributed by atoms with Gasteiger partial charge >= 0.3 is 0 Å². The molecule has 0 spiro atoms. The molecule has 0 saturated carbocycles. The maximum atomic E-state index is 13.2. The summed E-state index contributed by atoms with van der Waals surface area (Å²) >= 11 is 0. The molecule has 2 aromatic rings. The van der Waals surface area contributed by atoms with Gasteiger partial charge in [-0.25, -0.2) is 4.39 Å². The lowest BCUT2D eigenvalue weighted by atomic mass is 9.84. The first-order valence-corrected chi connectivity index (χ1v) is 6.61. The fourth-order valence-corrected chi connectivity index (χ4v) is 2.53. The Labute approximate surface area is 119 Å². The lowest BCUT2D eigenvalue weighted by Gasteiger charge is -2.27. The summed E-state index contributed by atoms with van der Waals surface area (Å²) in [6.07, 6.45) is 0.684. The Hall–Kier alpha value is -1.87. The van der Waals surface area contributed by atoms with Crippen LogP contribution in [-0.4, -0.2) is 7.11 Å². The molecular formula is C17H20FNO. The van der Waals surface area contributed by atoms with Crippen molar-refractivity contribution >= 4 is 0 Å². The van der Waals surface area contributed by atoms with Crippen LogP contribution in [0.15, 0.2) is 42.5 Å². The molecule has 106 valence electrons. The van der Waals surface area contributed by atoms with Crippen molar-refractivity contribution in [2.75, 3.05) is 7.11 Å². The van der Waals surface area contributed by atoms with E-state index in [1.165, 1.54) is 12.1 Å². The molecular weight excluding hydrogens is 253 g/mol. The van der Waals surface area contributed by atoms with Crippen molar-refractivity contribution in [3.63, 3.8) is 0 Å². The Kier molecular flexibility index (Phi) is 4.09. The zero-order chi connectivity index (χ0) is 14.8. The van der Waals surface area contributed by atoms with E-state index < -0.39 is 5.54 Å². The Bertz CT molecular complexity index is 590. The standard InChI is InChI=1S/C17H20FNO/c1-12-10-14(18)6-9-16(12)17(2,19)11-13-4-7-15(20-3)8-5-13/h4-10H,11,19H2,1-3H3. The van der Waals surface area contributed by atoms with Crippen LogP contribution in [0.25, 0.3) is 0 Å². The first-order valence-electron chi connectivity index (χ1n) is 6.61. The predicted molar refractivity (Wildman–Crippen MR) is 79.4 cm³/mol. The third-order valence-electron chi connectivity index (χ3n) is 3.53. The van der Waals surface area contributed by atoms with Gasteiger partial charge < -0.3 is 10.5 Å². The van der Waals surface area contributed by atoms with E-state index in [-0.39, 0.29) is 5.82 Å². The van der Waals surface area contributed by atoms with E-state index in [0.717, 1.165) is 22.4 Å². The minimum atomic E-state index is -0.535. The van der Waals surface area contributed by atoms with Gasteiger partial charge in [0.1, 0.15) is 11.6 Å². The highest BCUT2D eigenvalue weighted by Crippen LogP contribution is 2.27. The van der Waals surface area contributed by atoms with Crippen molar-refractivity contribution in [1.29, 1.82) is 0 Å². The Morgan fingerprint density at radius 3 is 2.35 bits per heavy atom. The van der Waals surface area contributed by atoms with Crippen molar-refractivity contribution in [2.24, 2.45) is 5.73 Å². The van der Waals surface area contributed by atoms with Gasteiger partial charge in [-0.05, 0) is 61.2 Å². The van der Waals surface area contributed by atoms with Gasteiger partial charge in [0.15, 0.2) is 0 Å². The van der Waals surface area contributed by atoms with Gasteiger partial charge in [-0.1, -0.05) is 18.2 Å². The van der Waals surface area contributed by atoms with E-state index in [4.69, 9.17) is 10.5 Å². The molecule has 20 heavy (non-hydrogen) atoms. The fraction of sp³-hybridized carbons (Fsp3) is 0.294. The second-order valence-electron chi connectivity index (χ2n) is 5.40. The molecule has 1 atom stereocenters. The second-order valence-corrected chi connectivity index (χ2v) is 5.40. The first-order chi connectivity index (χ1) is 9.42. The Morgan fingerprint density at radius 2 is 1.80 bits per heavy atom. The summed E-state index contributed by atoms with van der Waals surface area (Å²) in [5, 5.41) is 0. The molecule has 0 amide bonds. The maximum absolute atomic E-state index is 13.2. The molecule has 0 bridgehead atoms. The molecule has 1 unspecified atom stereocenters. The molecule has 0 saturated heterocycles. The number of benzene rings is 2. The fourth-order valence-electron chi connectivity index (χ4n) is 2.53. The van der Waals surface area contributed by atoms with Gasteiger partial charge in [0.25, 0.3) is 0 Å². The van der Waals surface area contributed by atoms with E-state index in [2.05, 4.69) is 0 Å². The first kappa shape index (κ1) is 14.5. The van der Waals surface area contributed by atoms with Crippen LogP contribution in [0, 0.1) is 12.7 Å². The third kappa shape index (κ3) is 3.17. The van der Waals surface area contributed by atoms with Crippen molar-refractivity contribution in [3.8, 4) is 5.75 Å². The SMILES string of the molecule is COc1ccc(CC(C)(N)c2ccc(F)cc2C)cc1. The van der Waals surface area contributed by atoms with Crippen molar-refractivity contribution in [2.45, 2.75) is 25.8 Å². The van der Waals surface area contributed by atoms with E-state index >= 15 is 0 Å². The normalized spacial score (nSPS) is 13.8. The number of hydrogen-bond acceptors (Lipinski definition) is 2. The van der Waals surface area contributed by atoms with Gasteiger partial charge in [-0.2, -0.15) is 0 Å². The summed E-state index contributed by atoms with van der Waals surface area (Å²) in [6, 6.07) is 12.6. The Morgan fingerprint density at radius 1 is 1.15 bits per heavy atom. The zero-order valence-electron chi connectivity index (χ0n) is 12.1. The number of nitrogens with two attached hydrogens (primary N) is 1. The second kappa shape index (κ2) is 5.63. The molecule has 0 aliphatic carbocycles. The number of methoxy groups -OCH3 is 1.